The van der Waals surface area contributed by atoms with Gasteiger partial charge in [0.2, 0.25) is 0 Å². The second-order valence-corrected chi connectivity index (χ2v) is 8.61. The van der Waals surface area contributed by atoms with Gasteiger partial charge in [0, 0.05) is 12.6 Å². The Bertz CT molecular complexity index is 773. The smallest absolute Gasteiger partial charge is 0.415 e. The summed E-state index contributed by atoms with van der Waals surface area (Å²) in [6.45, 7) is 8.27. The molecule has 1 fully saturated rings. The fourth-order valence-electron chi connectivity index (χ4n) is 4.51. The van der Waals surface area contributed by atoms with Gasteiger partial charge in [-0.25, -0.2) is 9.18 Å². The van der Waals surface area contributed by atoms with Crippen LogP contribution in [0, 0.1) is 30.5 Å². The van der Waals surface area contributed by atoms with E-state index in [1.807, 2.05) is 0 Å². The zero-order valence-electron chi connectivity index (χ0n) is 17.2. The fourth-order valence-corrected chi connectivity index (χ4v) is 4.51. The van der Waals surface area contributed by atoms with Gasteiger partial charge < -0.3 is 4.74 Å². The SMILES string of the molecule is Cc1cc(F)ccc1[C@@H]1C(=O)CC=CN1C(=O)O[C@@H]1C[C@H](C)CC[C@H]1C(C)C. The van der Waals surface area contributed by atoms with Gasteiger partial charge in [0.1, 0.15) is 18.0 Å². The molecule has 4 nitrogen and oxygen atoms in total. The van der Waals surface area contributed by atoms with Crippen molar-refractivity contribution in [1.82, 2.24) is 4.90 Å². The molecule has 0 saturated heterocycles. The number of allylic oxidation sites excluding steroid dienone is 1. The van der Waals surface area contributed by atoms with Crippen LogP contribution in [0.2, 0.25) is 0 Å². The highest BCUT2D eigenvalue weighted by Crippen LogP contribution is 2.37. The van der Waals surface area contributed by atoms with Crippen LogP contribution < -0.4 is 0 Å². The van der Waals surface area contributed by atoms with E-state index in [0.717, 1.165) is 19.3 Å². The molecule has 0 aromatic heterocycles. The fraction of sp³-hybridized carbons (Fsp3) is 0.565. The maximum absolute atomic E-state index is 13.5. The molecule has 152 valence electrons. The number of hydrogen-bond acceptors (Lipinski definition) is 3. The number of carbonyl (C=O) groups is 2. The molecule has 0 unspecified atom stereocenters. The van der Waals surface area contributed by atoms with E-state index in [-0.39, 0.29) is 24.1 Å². The summed E-state index contributed by atoms with van der Waals surface area (Å²) in [5.74, 6) is 0.827. The number of nitrogens with zero attached hydrogens (tertiary/aromatic N) is 1. The lowest BCUT2D eigenvalue weighted by Gasteiger charge is -2.38. The van der Waals surface area contributed by atoms with Crippen molar-refractivity contribution in [3.8, 4) is 0 Å². The van der Waals surface area contributed by atoms with Crippen LogP contribution in [-0.4, -0.2) is 22.9 Å². The summed E-state index contributed by atoms with van der Waals surface area (Å²) in [7, 11) is 0. The largest absolute Gasteiger partial charge is 0.446 e. The molecule has 3 rings (SSSR count). The number of benzene rings is 1. The summed E-state index contributed by atoms with van der Waals surface area (Å²) in [6.07, 6.45) is 5.97. The minimum atomic E-state index is -0.767. The van der Waals surface area contributed by atoms with Crippen LogP contribution in [0.25, 0.3) is 0 Å². The van der Waals surface area contributed by atoms with Crippen LogP contribution >= 0.6 is 0 Å². The Labute approximate surface area is 166 Å². The Morgan fingerprint density at radius 1 is 1.29 bits per heavy atom. The number of hydrogen-bond donors (Lipinski definition) is 0. The third-order valence-electron chi connectivity index (χ3n) is 6.12. The molecule has 0 bridgehead atoms. The number of ether oxygens (including phenoxy) is 1. The molecule has 28 heavy (non-hydrogen) atoms. The van der Waals surface area contributed by atoms with E-state index >= 15 is 0 Å². The predicted octanol–water partition coefficient (Wildman–Crippen LogP) is 5.56. The van der Waals surface area contributed by atoms with Gasteiger partial charge in [-0.1, -0.05) is 39.3 Å². The molecule has 2 aliphatic rings. The van der Waals surface area contributed by atoms with Crippen LogP contribution in [0.15, 0.2) is 30.5 Å². The van der Waals surface area contributed by atoms with E-state index in [0.29, 0.717) is 28.9 Å². The van der Waals surface area contributed by atoms with Crippen LogP contribution in [0.1, 0.15) is 63.6 Å². The van der Waals surface area contributed by atoms with E-state index in [4.69, 9.17) is 4.74 Å². The molecular weight excluding hydrogens is 357 g/mol. The highest BCUT2D eigenvalue weighted by molar-refractivity contribution is 5.91. The van der Waals surface area contributed by atoms with E-state index in [9.17, 15) is 14.0 Å². The maximum Gasteiger partial charge on any atom is 0.415 e. The highest BCUT2D eigenvalue weighted by Gasteiger charge is 2.38. The summed E-state index contributed by atoms with van der Waals surface area (Å²) in [5.41, 5.74) is 1.29. The first-order valence-electron chi connectivity index (χ1n) is 10.2. The first-order valence-corrected chi connectivity index (χ1v) is 10.2. The lowest BCUT2D eigenvalue weighted by atomic mass is 9.75. The zero-order chi connectivity index (χ0) is 20.4. The summed E-state index contributed by atoms with van der Waals surface area (Å²) in [6, 6.07) is 3.54. The maximum atomic E-state index is 13.5. The highest BCUT2D eigenvalue weighted by atomic mass is 19.1. The third kappa shape index (κ3) is 4.29. The van der Waals surface area contributed by atoms with Gasteiger partial charge in [0.05, 0.1) is 0 Å². The molecule has 1 aromatic carbocycles. The van der Waals surface area contributed by atoms with Crippen LogP contribution in [-0.2, 0) is 9.53 Å². The Morgan fingerprint density at radius 2 is 2.04 bits per heavy atom. The molecule has 1 saturated carbocycles. The molecule has 0 spiro atoms. The van der Waals surface area contributed by atoms with Crippen LogP contribution in [0.3, 0.4) is 0 Å². The number of aryl methyl sites for hydroxylation is 1. The molecule has 1 aromatic rings. The predicted molar refractivity (Wildman–Crippen MR) is 106 cm³/mol. The monoisotopic (exact) mass is 387 g/mol. The van der Waals surface area contributed by atoms with Gasteiger partial charge in [-0.2, -0.15) is 0 Å². The second-order valence-electron chi connectivity index (χ2n) is 8.61. The lowest BCUT2D eigenvalue weighted by Crippen LogP contribution is -2.42. The molecule has 1 heterocycles. The quantitative estimate of drug-likeness (QED) is 0.682. The average molecular weight is 387 g/mol. The third-order valence-corrected chi connectivity index (χ3v) is 6.12. The zero-order valence-corrected chi connectivity index (χ0v) is 17.2. The topological polar surface area (TPSA) is 46.6 Å². The van der Waals surface area contributed by atoms with Gasteiger partial charge >= 0.3 is 6.09 Å². The Morgan fingerprint density at radius 3 is 2.71 bits per heavy atom. The van der Waals surface area contributed by atoms with Crippen molar-refractivity contribution >= 4 is 11.9 Å². The first kappa shape index (κ1) is 20.6. The van der Waals surface area contributed by atoms with Gasteiger partial charge in [0.15, 0.2) is 5.78 Å². The summed E-state index contributed by atoms with van der Waals surface area (Å²) < 4.78 is 19.5. The number of rotatable bonds is 3. The van der Waals surface area contributed by atoms with Gasteiger partial charge in [-0.3, -0.25) is 9.69 Å². The van der Waals surface area contributed by atoms with Crippen molar-refractivity contribution < 1.29 is 18.7 Å². The molecule has 1 aliphatic heterocycles. The number of halogens is 1. The summed E-state index contributed by atoms with van der Waals surface area (Å²) in [5, 5.41) is 0. The van der Waals surface area contributed by atoms with E-state index in [1.165, 1.54) is 17.0 Å². The molecule has 0 radical (unpaired) electrons. The lowest BCUT2D eigenvalue weighted by molar-refractivity contribution is -0.123. The van der Waals surface area contributed by atoms with E-state index in [1.54, 1.807) is 25.3 Å². The molecular formula is C23H30FNO3. The average Bonchev–Trinajstić information content (AvgIpc) is 2.62. The molecule has 0 N–H and O–H groups in total. The summed E-state index contributed by atoms with van der Waals surface area (Å²) in [4.78, 5) is 27.1. The summed E-state index contributed by atoms with van der Waals surface area (Å²) >= 11 is 0. The minimum Gasteiger partial charge on any atom is -0.446 e. The van der Waals surface area contributed by atoms with Crippen molar-refractivity contribution in [2.45, 2.75) is 65.5 Å². The van der Waals surface area contributed by atoms with Crippen LogP contribution in [0.5, 0.6) is 0 Å². The van der Waals surface area contributed by atoms with Crippen molar-refractivity contribution in [1.29, 1.82) is 0 Å². The van der Waals surface area contributed by atoms with E-state index < -0.39 is 12.1 Å². The first-order chi connectivity index (χ1) is 13.3. The standard InChI is InChI=1S/C23H30FNO3/c1-14(2)18-9-7-15(3)12-21(18)28-23(27)25-11-5-6-20(26)22(25)19-10-8-17(24)13-16(19)4/h5,8,10-11,13-15,18,21-22H,6-7,9,12H2,1-4H3/t15-,18+,21-,22-/m1/s1. The molecule has 5 heteroatoms. The Kier molecular flexibility index (Phi) is 6.21. The van der Waals surface area contributed by atoms with E-state index in [2.05, 4.69) is 20.8 Å². The Balaban J connectivity index is 1.84. The van der Waals surface area contributed by atoms with Gasteiger partial charge in [-0.05, 0) is 60.8 Å². The minimum absolute atomic E-state index is 0.0911. The van der Waals surface area contributed by atoms with Crippen molar-refractivity contribution in [2.75, 3.05) is 0 Å². The number of Topliss-reactive ketones (excluding diaryl/α,β-unsaturated/α-hetero) is 1. The Hall–Kier alpha value is -2.17. The van der Waals surface area contributed by atoms with Gasteiger partial charge in [0.25, 0.3) is 0 Å². The second kappa shape index (κ2) is 8.46. The molecule has 1 aliphatic carbocycles. The molecule has 4 atom stereocenters. The number of amides is 1. The van der Waals surface area contributed by atoms with Crippen molar-refractivity contribution in [2.24, 2.45) is 17.8 Å². The van der Waals surface area contributed by atoms with Crippen molar-refractivity contribution in [3.05, 3.63) is 47.4 Å². The number of ketones is 1. The normalized spacial score (nSPS) is 27.9. The van der Waals surface area contributed by atoms with Crippen LogP contribution in [0.4, 0.5) is 9.18 Å². The van der Waals surface area contributed by atoms with Crippen molar-refractivity contribution in [3.63, 3.8) is 0 Å². The number of carbonyl (C=O) groups excluding carboxylic acids is 2. The van der Waals surface area contributed by atoms with Gasteiger partial charge in [-0.15, -0.1) is 0 Å². The molecule has 1 amide bonds.